The fourth-order valence-electron chi connectivity index (χ4n) is 4.64. The third kappa shape index (κ3) is 9.42. The molecule has 2 aromatic carbocycles. The maximum Gasteiger partial charge on any atom is 0.417 e. The smallest absolute Gasteiger partial charge is 0.417 e. The molecule has 45 heavy (non-hydrogen) atoms. The van der Waals surface area contributed by atoms with Crippen LogP contribution >= 0.6 is 11.6 Å². The first-order valence-corrected chi connectivity index (χ1v) is 14.5. The number of piperidine rings is 1. The van der Waals surface area contributed by atoms with E-state index in [1.807, 2.05) is 0 Å². The Labute approximate surface area is 263 Å². The summed E-state index contributed by atoms with van der Waals surface area (Å²) >= 11 is 5.65. The van der Waals surface area contributed by atoms with Gasteiger partial charge in [0.1, 0.15) is 5.60 Å². The number of nitrogens with two attached hydrogens (primary N) is 1. The number of amides is 2. The van der Waals surface area contributed by atoms with Crippen molar-refractivity contribution in [2.75, 3.05) is 24.1 Å². The van der Waals surface area contributed by atoms with Gasteiger partial charge in [0, 0.05) is 36.9 Å². The second-order valence-corrected chi connectivity index (χ2v) is 12.0. The van der Waals surface area contributed by atoms with Crippen LogP contribution in [0, 0.1) is 0 Å². The first-order chi connectivity index (χ1) is 21.1. The molecule has 1 aliphatic rings. The number of nitrogens with one attached hydrogen (secondary N) is 3. The summed E-state index contributed by atoms with van der Waals surface area (Å²) in [6, 6.07) is 9.92. The molecule has 15 heteroatoms. The summed E-state index contributed by atoms with van der Waals surface area (Å²) in [6.45, 7) is 6.31. The number of carbonyl (C=O) groups is 2. The molecule has 2 amide bonds. The van der Waals surface area contributed by atoms with E-state index in [4.69, 9.17) is 22.1 Å². The highest BCUT2D eigenvalue weighted by Gasteiger charge is 2.33. The Morgan fingerprint density at radius 3 is 2.67 bits per heavy atom. The van der Waals surface area contributed by atoms with Crippen LogP contribution in [0.15, 0.2) is 48.7 Å². The molecule has 1 fully saturated rings. The molecule has 0 aliphatic carbocycles. The van der Waals surface area contributed by atoms with Crippen molar-refractivity contribution in [3.63, 3.8) is 0 Å². The third-order valence-corrected chi connectivity index (χ3v) is 7.05. The number of halogens is 4. The van der Waals surface area contributed by atoms with Crippen LogP contribution in [-0.2, 0) is 17.5 Å². The zero-order valence-electron chi connectivity index (χ0n) is 24.9. The number of aromatic nitrogens is 2. The minimum atomic E-state index is -4.64. The minimum Gasteiger partial charge on any atom is -0.444 e. The lowest BCUT2D eigenvalue weighted by atomic mass is 10.1. The molecule has 1 unspecified atom stereocenters. The lowest BCUT2D eigenvalue weighted by Gasteiger charge is -2.34. The second-order valence-electron chi connectivity index (χ2n) is 11.5. The molecule has 0 bridgehead atoms. The van der Waals surface area contributed by atoms with E-state index >= 15 is 0 Å². The van der Waals surface area contributed by atoms with Gasteiger partial charge in [0.05, 0.1) is 22.5 Å². The Kier molecular flexibility index (Phi) is 10.4. The highest BCUT2D eigenvalue weighted by Crippen LogP contribution is 2.36. The fraction of sp³-hybridized carbons (Fsp3) is 0.400. The molecule has 6 N–H and O–H groups in total. The highest BCUT2D eigenvalue weighted by atomic mass is 35.5. The second kappa shape index (κ2) is 13.9. The fourth-order valence-corrected chi connectivity index (χ4v) is 4.87. The zero-order valence-corrected chi connectivity index (χ0v) is 25.7. The molecule has 0 radical (unpaired) electrons. The maximum atomic E-state index is 13.2. The van der Waals surface area contributed by atoms with Crippen molar-refractivity contribution >= 4 is 35.1 Å². The number of ether oxygens (including phenoxy) is 1. The molecule has 2 atom stereocenters. The Morgan fingerprint density at radius 1 is 1.20 bits per heavy atom. The maximum absolute atomic E-state index is 13.2. The monoisotopic (exact) mass is 649 g/mol. The quantitative estimate of drug-likeness (QED) is 0.212. The predicted octanol–water partition coefficient (Wildman–Crippen LogP) is 5.00. The van der Waals surface area contributed by atoms with Crippen LogP contribution in [0.3, 0.4) is 0 Å². The van der Waals surface area contributed by atoms with Gasteiger partial charge < -0.3 is 31.1 Å². The number of rotatable bonds is 8. The number of likely N-dealkylation sites (tertiary alicyclic amines) is 1. The molecule has 242 valence electrons. The number of hydrogen-bond donors (Lipinski definition) is 5. The van der Waals surface area contributed by atoms with Crippen LogP contribution in [0.25, 0.3) is 11.3 Å². The molecule has 1 aromatic heterocycles. The number of nitrogen functional groups attached to an aromatic ring is 1. The van der Waals surface area contributed by atoms with Crippen molar-refractivity contribution < 1.29 is 32.6 Å². The van der Waals surface area contributed by atoms with E-state index < -0.39 is 40.7 Å². The molecule has 4 rings (SSSR count). The van der Waals surface area contributed by atoms with Gasteiger partial charge in [0.25, 0.3) is 5.91 Å². The van der Waals surface area contributed by atoms with Crippen LogP contribution in [0.2, 0.25) is 5.02 Å². The largest absolute Gasteiger partial charge is 0.444 e. The first kappa shape index (κ1) is 33.7. The Bertz CT molecular complexity index is 1530. The van der Waals surface area contributed by atoms with Crippen molar-refractivity contribution in [3.8, 4) is 11.3 Å². The number of aliphatic hydroxyl groups is 1. The Hall–Kier alpha value is -4.14. The minimum absolute atomic E-state index is 0.0224. The van der Waals surface area contributed by atoms with Crippen molar-refractivity contribution in [2.45, 2.75) is 64.3 Å². The number of alkyl halides is 3. The van der Waals surface area contributed by atoms with E-state index in [9.17, 15) is 27.9 Å². The Morgan fingerprint density at radius 2 is 1.96 bits per heavy atom. The lowest BCUT2D eigenvalue weighted by Crippen LogP contribution is -2.50. The van der Waals surface area contributed by atoms with Crippen LogP contribution in [-0.4, -0.2) is 63.1 Å². The van der Waals surface area contributed by atoms with Crippen molar-refractivity contribution in [2.24, 2.45) is 0 Å². The standard InChI is InChI=1S/C30H35ClF3N7O4/c1-29(2,3)45-28(44)41-11-5-8-20(16-41)38-26(42)24-25(35)36-15-23(40-24)18-7-4-6-17(12-18)14-37-27(43)39-19-9-10-22(31)21(13-19)30(32,33)34/h4,6-7,9-10,12-13,15,20,27,37,39,43H,5,8,11,14,16H2,1-3H3,(H2,35,36)(H,38,42)/t20-,27?/m0/s1. The molecule has 0 spiro atoms. The summed E-state index contributed by atoms with van der Waals surface area (Å²) in [4.78, 5) is 35.8. The SMILES string of the molecule is CC(C)(C)OC(=O)N1CCC[C@H](NC(=O)c2nc(-c3cccc(CNC(O)Nc4ccc(Cl)c(C(F)(F)F)c4)c3)cnc2N)C1. The van der Waals surface area contributed by atoms with Gasteiger partial charge >= 0.3 is 12.3 Å². The van der Waals surface area contributed by atoms with Crippen molar-refractivity contribution in [1.29, 1.82) is 0 Å². The summed E-state index contributed by atoms with van der Waals surface area (Å²) in [7, 11) is 0. The Balaban J connectivity index is 1.39. The van der Waals surface area contributed by atoms with Gasteiger partial charge in [-0.15, -0.1) is 0 Å². The third-order valence-electron chi connectivity index (χ3n) is 6.72. The number of anilines is 2. The van der Waals surface area contributed by atoms with Crippen LogP contribution in [0.1, 0.15) is 55.2 Å². The van der Waals surface area contributed by atoms with E-state index in [0.29, 0.717) is 36.2 Å². The normalized spacial score (nSPS) is 16.2. The van der Waals surface area contributed by atoms with Gasteiger partial charge in [-0.3, -0.25) is 10.1 Å². The van der Waals surface area contributed by atoms with Crippen LogP contribution in [0.4, 0.5) is 29.5 Å². The molecule has 3 aromatic rings. The summed E-state index contributed by atoms with van der Waals surface area (Å²) in [5.74, 6) is -0.584. The summed E-state index contributed by atoms with van der Waals surface area (Å²) in [6.07, 6.45) is -3.69. The van der Waals surface area contributed by atoms with Crippen molar-refractivity contribution in [3.05, 3.63) is 70.5 Å². The molecule has 2 heterocycles. The lowest BCUT2D eigenvalue weighted by molar-refractivity contribution is -0.137. The average molecular weight is 650 g/mol. The summed E-state index contributed by atoms with van der Waals surface area (Å²) in [5, 5.41) is 18.1. The number of nitrogens with zero attached hydrogens (tertiary/aromatic N) is 3. The number of aliphatic hydroxyl groups excluding tert-OH is 1. The molecular formula is C30H35ClF3N7O4. The number of hydrogen-bond acceptors (Lipinski definition) is 9. The number of benzene rings is 2. The van der Waals surface area contributed by atoms with E-state index in [1.54, 1.807) is 49.9 Å². The highest BCUT2D eigenvalue weighted by molar-refractivity contribution is 6.31. The van der Waals surface area contributed by atoms with Gasteiger partial charge in [-0.2, -0.15) is 13.2 Å². The zero-order chi connectivity index (χ0) is 32.9. The molecule has 1 aliphatic heterocycles. The molecular weight excluding hydrogens is 615 g/mol. The summed E-state index contributed by atoms with van der Waals surface area (Å²) in [5.41, 5.74) is 5.99. The van der Waals surface area contributed by atoms with Crippen molar-refractivity contribution in [1.82, 2.24) is 25.5 Å². The van der Waals surface area contributed by atoms with Gasteiger partial charge in [-0.25, -0.2) is 14.8 Å². The molecule has 1 saturated heterocycles. The topological polar surface area (TPSA) is 155 Å². The van der Waals surface area contributed by atoms with Gasteiger partial charge in [0.2, 0.25) is 0 Å². The van der Waals surface area contributed by atoms with Gasteiger partial charge in [-0.1, -0.05) is 29.8 Å². The first-order valence-electron chi connectivity index (χ1n) is 14.1. The summed E-state index contributed by atoms with van der Waals surface area (Å²) < 4.78 is 44.9. The molecule has 11 nitrogen and oxygen atoms in total. The van der Waals surface area contributed by atoms with E-state index in [0.717, 1.165) is 12.1 Å². The predicted molar refractivity (Wildman–Crippen MR) is 163 cm³/mol. The van der Waals surface area contributed by atoms with Crippen LogP contribution < -0.4 is 21.7 Å². The van der Waals surface area contributed by atoms with E-state index in [1.165, 1.54) is 12.3 Å². The van der Waals surface area contributed by atoms with E-state index in [-0.39, 0.29) is 36.3 Å². The van der Waals surface area contributed by atoms with E-state index in [2.05, 4.69) is 25.9 Å². The molecule has 0 saturated carbocycles. The average Bonchev–Trinajstić information content (AvgIpc) is 2.96. The number of carbonyl (C=O) groups excluding carboxylic acids is 2. The van der Waals surface area contributed by atoms with Crippen LogP contribution in [0.5, 0.6) is 0 Å². The van der Waals surface area contributed by atoms with Gasteiger partial charge in [0.15, 0.2) is 17.9 Å². The van der Waals surface area contributed by atoms with Gasteiger partial charge in [-0.05, 0) is 63.4 Å².